The third-order valence-corrected chi connectivity index (χ3v) is 4.04. The Morgan fingerprint density at radius 2 is 2.11 bits per heavy atom. The van der Waals surface area contributed by atoms with E-state index < -0.39 is 0 Å². The first-order valence-electron chi connectivity index (χ1n) is 6.29. The standard InChI is InChI=1S/C15H19N3S/c1-11-4-2-6-14(8-11)19-10-13(16)9-12-5-3-7-18-15(12)17/h2-8,13H,9-10,16H2,1H3,(H2,17,18). The number of rotatable bonds is 5. The Hall–Kier alpha value is -1.52. The lowest BCUT2D eigenvalue weighted by molar-refractivity contribution is 0.748. The minimum atomic E-state index is 0.0806. The SMILES string of the molecule is Cc1cccc(SCC(N)Cc2cccnc2N)c1. The van der Waals surface area contributed by atoms with E-state index in [0.29, 0.717) is 5.82 Å². The first-order chi connectivity index (χ1) is 9.15. The van der Waals surface area contributed by atoms with Crippen LogP contribution in [0.25, 0.3) is 0 Å². The van der Waals surface area contributed by atoms with E-state index in [1.807, 2.05) is 12.1 Å². The number of pyridine rings is 1. The second-order valence-corrected chi connectivity index (χ2v) is 5.73. The first kappa shape index (κ1) is 13.9. The highest BCUT2D eigenvalue weighted by Crippen LogP contribution is 2.20. The van der Waals surface area contributed by atoms with E-state index in [2.05, 4.69) is 36.2 Å². The van der Waals surface area contributed by atoms with E-state index in [-0.39, 0.29) is 6.04 Å². The zero-order valence-corrected chi connectivity index (χ0v) is 11.9. The second-order valence-electron chi connectivity index (χ2n) is 4.64. The van der Waals surface area contributed by atoms with Gasteiger partial charge in [0.25, 0.3) is 0 Å². The van der Waals surface area contributed by atoms with Crippen LogP contribution in [0.4, 0.5) is 5.82 Å². The highest BCUT2D eigenvalue weighted by atomic mass is 32.2. The number of nitrogen functional groups attached to an aromatic ring is 1. The lowest BCUT2D eigenvalue weighted by Gasteiger charge is -2.12. The predicted octanol–water partition coefficient (Wildman–Crippen LogP) is 2.63. The molecule has 1 aromatic carbocycles. The summed E-state index contributed by atoms with van der Waals surface area (Å²) in [5, 5.41) is 0. The van der Waals surface area contributed by atoms with Gasteiger partial charge in [-0.05, 0) is 37.1 Å². The third-order valence-electron chi connectivity index (χ3n) is 2.86. The normalized spacial score (nSPS) is 12.3. The van der Waals surface area contributed by atoms with Crippen molar-refractivity contribution in [2.45, 2.75) is 24.3 Å². The molecule has 0 radical (unpaired) electrons. The maximum atomic E-state index is 6.16. The third kappa shape index (κ3) is 4.26. The molecule has 0 aliphatic carbocycles. The fraction of sp³-hybridized carbons (Fsp3) is 0.267. The van der Waals surface area contributed by atoms with Crippen LogP contribution in [-0.4, -0.2) is 16.8 Å². The number of aromatic nitrogens is 1. The van der Waals surface area contributed by atoms with Crippen molar-refractivity contribution in [2.75, 3.05) is 11.5 Å². The first-order valence-corrected chi connectivity index (χ1v) is 7.28. The summed E-state index contributed by atoms with van der Waals surface area (Å²) in [5.41, 5.74) is 14.3. The van der Waals surface area contributed by atoms with Crippen LogP contribution in [0, 0.1) is 6.92 Å². The predicted molar refractivity (Wildman–Crippen MR) is 82.2 cm³/mol. The summed E-state index contributed by atoms with van der Waals surface area (Å²) in [7, 11) is 0. The molecule has 0 spiro atoms. The monoisotopic (exact) mass is 273 g/mol. The van der Waals surface area contributed by atoms with Gasteiger partial charge in [-0.3, -0.25) is 0 Å². The molecule has 3 nitrogen and oxygen atoms in total. The summed E-state index contributed by atoms with van der Waals surface area (Å²) in [5.74, 6) is 1.45. The summed E-state index contributed by atoms with van der Waals surface area (Å²) in [6.45, 7) is 2.10. The number of hydrogen-bond acceptors (Lipinski definition) is 4. The molecule has 100 valence electrons. The van der Waals surface area contributed by atoms with Crippen LogP contribution in [0.15, 0.2) is 47.5 Å². The van der Waals surface area contributed by atoms with E-state index in [9.17, 15) is 0 Å². The lowest BCUT2D eigenvalue weighted by atomic mass is 10.1. The molecule has 0 aliphatic rings. The fourth-order valence-electron chi connectivity index (χ4n) is 1.87. The molecule has 4 heteroatoms. The molecule has 0 saturated heterocycles. The highest BCUT2D eigenvalue weighted by molar-refractivity contribution is 7.99. The molecule has 0 fully saturated rings. The van der Waals surface area contributed by atoms with E-state index in [4.69, 9.17) is 11.5 Å². The van der Waals surface area contributed by atoms with Gasteiger partial charge in [-0.15, -0.1) is 11.8 Å². The molecule has 0 aliphatic heterocycles. The summed E-state index contributed by atoms with van der Waals surface area (Å²) in [4.78, 5) is 5.34. The zero-order chi connectivity index (χ0) is 13.7. The van der Waals surface area contributed by atoms with Crippen molar-refractivity contribution in [1.29, 1.82) is 0 Å². The van der Waals surface area contributed by atoms with Gasteiger partial charge in [0.15, 0.2) is 0 Å². The Bertz CT molecular complexity index is 542. The van der Waals surface area contributed by atoms with Gasteiger partial charge >= 0.3 is 0 Å². The van der Waals surface area contributed by atoms with Crippen molar-refractivity contribution >= 4 is 17.6 Å². The van der Waals surface area contributed by atoms with Crippen molar-refractivity contribution in [3.05, 3.63) is 53.7 Å². The average molecular weight is 273 g/mol. The largest absolute Gasteiger partial charge is 0.383 e. The molecule has 4 N–H and O–H groups in total. The van der Waals surface area contributed by atoms with Gasteiger partial charge < -0.3 is 11.5 Å². The average Bonchev–Trinajstić information content (AvgIpc) is 2.39. The van der Waals surface area contributed by atoms with E-state index >= 15 is 0 Å². The maximum absolute atomic E-state index is 6.16. The highest BCUT2D eigenvalue weighted by Gasteiger charge is 2.08. The fourth-order valence-corrected chi connectivity index (χ4v) is 2.84. The minimum absolute atomic E-state index is 0.0806. The van der Waals surface area contributed by atoms with Crippen LogP contribution < -0.4 is 11.5 Å². The van der Waals surface area contributed by atoms with Gasteiger partial charge in [-0.25, -0.2) is 4.98 Å². The number of nitrogens with two attached hydrogens (primary N) is 2. The zero-order valence-electron chi connectivity index (χ0n) is 11.0. The number of anilines is 1. The van der Waals surface area contributed by atoms with Crippen molar-refractivity contribution in [3.63, 3.8) is 0 Å². The van der Waals surface area contributed by atoms with Crippen LogP contribution in [-0.2, 0) is 6.42 Å². The number of benzene rings is 1. The van der Waals surface area contributed by atoms with Gasteiger partial charge in [-0.1, -0.05) is 23.8 Å². The molecule has 19 heavy (non-hydrogen) atoms. The smallest absolute Gasteiger partial charge is 0.126 e. The Morgan fingerprint density at radius 3 is 2.84 bits per heavy atom. The van der Waals surface area contributed by atoms with Crippen molar-refractivity contribution in [3.8, 4) is 0 Å². The Balaban J connectivity index is 1.88. The molecular weight excluding hydrogens is 254 g/mol. The molecule has 1 unspecified atom stereocenters. The van der Waals surface area contributed by atoms with Crippen LogP contribution in [0.1, 0.15) is 11.1 Å². The summed E-state index contributed by atoms with van der Waals surface area (Å²) in [6.07, 6.45) is 2.46. The van der Waals surface area contributed by atoms with E-state index in [0.717, 1.165) is 17.7 Å². The summed E-state index contributed by atoms with van der Waals surface area (Å²) in [6, 6.07) is 12.4. The van der Waals surface area contributed by atoms with Crippen molar-refractivity contribution in [2.24, 2.45) is 5.73 Å². The van der Waals surface area contributed by atoms with Crippen molar-refractivity contribution in [1.82, 2.24) is 4.98 Å². The molecular formula is C15H19N3S. The molecule has 0 saturated carbocycles. The summed E-state index contributed by atoms with van der Waals surface area (Å²) >= 11 is 1.78. The molecule has 0 bridgehead atoms. The molecule has 1 heterocycles. The molecule has 1 atom stereocenters. The van der Waals surface area contributed by atoms with Gasteiger partial charge in [-0.2, -0.15) is 0 Å². The molecule has 1 aromatic heterocycles. The Labute approximate surface area is 118 Å². The van der Waals surface area contributed by atoms with Crippen LogP contribution in [0.5, 0.6) is 0 Å². The second kappa shape index (κ2) is 6.59. The number of nitrogens with zero attached hydrogens (tertiary/aromatic N) is 1. The Morgan fingerprint density at radius 1 is 1.26 bits per heavy atom. The minimum Gasteiger partial charge on any atom is -0.383 e. The molecule has 0 amide bonds. The van der Waals surface area contributed by atoms with Crippen molar-refractivity contribution < 1.29 is 0 Å². The summed E-state index contributed by atoms with van der Waals surface area (Å²) < 4.78 is 0. The van der Waals surface area contributed by atoms with E-state index in [1.165, 1.54) is 10.5 Å². The Kier molecular flexibility index (Phi) is 4.82. The van der Waals surface area contributed by atoms with Crippen LogP contribution in [0.2, 0.25) is 0 Å². The number of aryl methyl sites for hydroxylation is 1. The quantitative estimate of drug-likeness (QED) is 0.822. The number of hydrogen-bond donors (Lipinski definition) is 2. The maximum Gasteiger partial charge on any atom is 0.126 e. The number of thioether (sulfide) groups is 1. The molecule has 2 aromatic rings. The molecule has 2 rings (SSSR count). The lowest BCUT2D eigenvalue weighted by Crippen LogP contribution is -2.26. The van der Waals surface area contributed by atoms with E-state index in [1.54, 1.807) is 18.0 Å². The van der Waals surface area contributed by atoms with Crippen LogP contribution >= 0.6 is 11.8 Å². The van der Waals surface area contributed by atoms with Crippen LogP contribution in [0.3, 0.4) is 0 Å². The van der Waals surface area contributed by atoms with Gasteiger partial charge in [0.05, 0.1) is 0 Å². The topological polar surface area (TPSA) is 64.9 Å². The van der Waals surface area contributed by atoms with Gasteiger partial charge in [0.2, 0.25) is 0 Å². The van der Waals surface area contributed by atoms with Gasteiger partial charge in [0, 0.05) is 22.9 Å². The van der Waals surface area contributed by atoms with Gasteiger partial charge in [0.1, 0.15) is 5.82 Å².